The molecule has 0 bridgehead atoms. The lowest BCUT2D eigenvalue weighted by atomic mass is 9.97. The molecule has 1 heterocycles. The summed E-state index contributed by atoms with van der Waals surface area (Å²) < 4.78 is 0. The third kappa shape index (κ3) is 6.05. The predicted octanol–water partition coefficient (Wildman–Crippen LogP) is 5.77. The third-order valence-corrected chi connectivity index (χ3v) is 6.07. The molecule has 0 unspecified atom stereocenters. The van der Waals surface area contributed by atoms with Crippen LogP contribution >= 0.6 is 0 Å². The molecule has 0 fully saturated rings. The summed E-state index contributed by atoms with van der Waals surface area (Å²) >= 11 is 0. The van der Waals surface area contributed by atoms with Gasteiger partial charge in [0.1, 0.15) is 0 Å². The van der Waals surface area contributed by atoms with Gasteiger partial charge in [-0.1, -0.05) is 86.1 Å². The van der Waals surface area contributed by atoms with Gasteiger partial charge in [-0.15, -0.1) is 0 Å². The molecular weight excluding hydrogens is 406 g/mol. The number of unbranched alkanes of at least 4 members (excludes halogenated alkanes) is 1. The summed E-state index contributed by atoms with van der Waals surface area (Å²) in [5, 5.41) is 0. The zero-order valence-electron chi connectivity index (χ0n) is 19.1. The standard InChI is InChI=1S/C29H31N3O/c1-2-3-4-21-5-9-23(10-6-21)25-13-15-26(16-14-25)24-11-7-22(8-12-24)17-29(33)28(30)18-27-19-31-20-32-27/h5-16,19-20,28H,2-4,17-18,30H2,1H3,(H,31,32)/t28-/m0/s1. The SMILES string of the molecule is CCCCc1ccc(-c2ccc(-c3ccc(CC(=O)[C@@H](N)Cc4cnc[nH]4)cc3)cc2)cc1. The van der Waals surface area contributed by atoms with Crippen LogP contribution in [0.25, 0.3) is 22.3 Å². The summed E-state index contributed by atoms with van der Waals surface area (Å²) in [5.74, 6) is 0.0300. The van der Waals surface area contributed by atoms with E-state index in [0.717, 1.165) is 28.8 Å². The Morgan fingerprint density at radius 3 is 1.85 bits per heavy atom. The predicted molar refractivity (Wildman–Crippen MR) is 135 cm³/mol. The molecule has 0 aliphatic rings. The van der Waals surface area contributed by atoms with Crippen molar-refractivity contribution in [3.05, 3.63) is 102 Å². The largest absolute Gasteiger partial charge is 0.348 e. The molecule has 0 aliphatic carbocycles. The molecule has 0 spiro atoms. The first-order valence-electron chi connectivity index (χ1n) is 11.7. The molecule has 3 aromatic carbocycles. The number of aromatic nitrogens is 2. The number of carbonyl (C=O) groups excluding carboxylic acids is 1. The fourth-order valence-corrected chi connectivity index (χ4v) is 3.99. The van der Waals surface area contributed by atoms with Gasteiger partial charge in [0, 0.05) is 24.7 Å². The lowest BCUT2D eigenvalue weighted by Gasteiger charge is -2.10. The van der Waals surface area contributed by atoms with Crippen molar-refractivity contribution in [3.8, 4) is 22.3 Å². The van der Waals surface area contributed by atoms with Crippen molar-refractivity contribution < 1.29 is 4.79 Å². The fraction of sp³-hybridized carbons (Fsp3) is 0.241. The van der Waals surface area contributed by atoms with Crippen molar-refractivity contribution in [2.75, 3.05) is 0 Å². The minimum atomic E-state index is -0.529. The van der Waals surface area contributed by atoms with Crippen LogP contribution in [0.15, 0.2) is 85.3 Å². The molecule has 33 heavy (non-hydrogen) atoms. The molecule has 1 atom stereocenters. The highest BCUT2D eigenvalue weighted by Crippen LogP contribution is 2.26. The molecule has 1 aromatic heterocycles. The first kappa shape index (κ1) is 22.7. The second-order valence-corrected chi connectivity index (χ2v) is 8.61. The number of Topliss-reactive ketones (excluding diaryl/α,β-unsaturated/α-hetero) is 1. The van der Waals surface area contributed by atoms with E-state index >= 15 is 0 Å². The average molecular weight is 438 g/mol. The van der Waals surface area contributed by atoms with Crippen LogP contribution in [-0.2, 0) is 24.1 Å². The molecule has 0 aliphatic heterocycles. The van der Waals surface area contributed by atoms with Crippen LogP contribution in [0.2, 0.25) is 0 Å². The number of hydrogen-bond donors (Lipinski definition) is 2. The summed E-state index contributed by atoms with van der Waals surface area (Å²) in [5.41, 5.74) is 14.1. The summed E-state index contributed by atoms with van der Waals surface area (Å²) in [6.07, 6.45) is 7.72. The van der Waals surface area contributed by atoms with Crippen molar-refractivity contribution in [3.63, 3.8) is 0 Å². The van der Waals surface area contributed by atoms with Crippen LogP contribution < -0.4 is 5.73 Å². The highest BCUT2D eigenvalue weighted by molar-refractivity contribution is 5.86. The van der Waals surface area contributed by atoms with Crippen molar-refractivity contribution in [2.45, 2.75) is 45.1 Å². The Morgan fingerprint density at radius 1 is 0.848 bits per heavy atom. The molecule has 4 rings (SSSR count). The number of benzene rings is 3. The smallest absolute Gasteiger partial charge is 0.154 e. The minimum absolute atomic E-state index is 0.0300. The maximum absolute atomic E-state index is 12.5. The van der Waals surface area contributed by atoms with E-state index in [1.54, 1.807) is 12.5 Å². The number of nitrogens with zero attached hydrogens (tertiary/aromatic N) is 1. The van der Waals surface area contributed by atoms with Gasteiger partial charge < -0.3 is 10.7 Å². The van der Waals surface area contributed by atoms with Crippen LogP contribution in [0.5, 0.6) is 0 Å². The quantitative estimate of drug-likeness (QED) is 0.331. The Morgan fingerprint density at radius 2 is 1.36 bits per heavy atom. The van der Waals surface area contributed by atoms with Gasteiger partial charge in [-0.2, -0.15) is 0 Å². The summed E-state index contributed by atoms with van der Waals surface area (Å²) in [6, 6.07) is 25.2. The fourth-order valence-electron chi connectivity index (χ4n) is 3.99. The maximum atomic E-state index is 12.5. The highest BCUT2D eigenvalue weighted by Gasteiger charge is 2.15. The van der Waals surface area contributed by atoms with E-state index in [9.17, 15) is 4.79 Å². The number of H-pyrrole nitrogens is 1. The zero-order chi connectivity index (χ0) is 23.0. The molecule has 4 nitrogen and oxygen atoms in total. The number of carbonyl (C=O) groups is 1. The van der Waals surface area contributed by atoms with Gasteiger partial charge in [-0.05, 0) is 46.2 Å². The Balaban J connectivity index is 1.37. The van der Waals surface area contributed by atoms with E-state index in [1.165, 1.54) is 29.5 Å². The van der Waals surface area contributed by atoms with Gasteiger partial charge in [-0.25, -0.2) is 4.98 Å². The first-order chi connectivity index (χ1) is 16.1. The molecule has 0 radical (unpaired) electrons. The molecule has 4 heteroatoms. The number of nitrogens with one attached hydrogen (secondary N) is 1. The van der Waals surface area contributed by atoms with Crippen molar-refractivity contribution >= 4 is 5.78 Å². The van der Waals surface area contributed by atoms with Gasteiger partial charge in [-0.3, -0.25) is 4.79 Å². The molecule has 0 saturated heterocycles. The van der Waals surface area contributed by atoms with Crippen molar-refractivity contribution in [2.24, 2.45) is 5.73 Å². The Kier molecular flexibility index (Phi) is 7.48. The van der Waals surface area contributed by atoms with E-state index in [1.807, 2.05) is 12.1 Å². The monoisotopic (exact) mass is 437 g/mol. The molecule has 0 amide bonds. The summed E-state index contributed by atoms with van der Waals surface area (Å²) in [7, 11) is 0. The van der Waals surface area contributed by atoms with E-state index in [-0.39, 0.29) is 5.78 Å². The van der Waals surface area contributed by atoms with Crippen LogP contribution in [0.1, 0.15) is 36.6 Å². The van der Waals surface area contributed by atoms with E-state index in [4.69, 9.17) is 5.73 Å². The number of nitrogens with two attached hydrogens (primary N) is 1. The highest BCUT2D eigenvalue weighted by atomic mass is 16.1. The van der Waals surface area contributed by atoms with Crippen LogP contribution in [0.4, 0.5) is 0 Å². The maximum Gasteiger partial charge on any atom is 0.154 e. The lowest BCUT2D eigenvalue weighted by molar-refractivity contribution is -0.119. The van der Waals surface area contributed by atoms with E-state index in [0.29, 0.717) is 12.8 Å². The summed E-state index contributed by atoms with van der Waals surface area (Å²) in [4.78, 5) is 19.4. The van der Waals surface area contributed by atoms with Gasteiger partial charge in [0.05, 0.1) is 12.4 Å². The molecular formula is C29H31N3O. The normalized spacial score (nSPS) is 11.9. The van der Waals surface area contributed by atoms with Gasteiger partial charge in [0.2, 0.25) is 0 Å². The van der Waals surface area contributed by atoms with Crippen LogP contribution in [-0.4, -0.2) is 21.8 Å². The molecule has 4 aromatic rings. The lowest BCUT2D eigenvalue weighted by Crippen LogP contribution is -2.34. The van der Waals surface area contributed by atoms with Gasteiger partial charge in [0.15, 0.2) is 5.78 Å². The van der Waals surface area contributed by atoms with Gasteiger partial charge >= 0.3 is 0 Å². The molecule has 0 saturated carbocycles. The number of hydrogen-bond acceptors (Lipinski definition) is 3. The van der Waals surface area contributed by atoms with Crippen LogP contribution in [0, 0.1) is 0 Å². The first-order valence-corrected chi connectivity index (χ1v) is 11.7. The second-order valence-electron chi connectivity index (χ2n) is 8.61. The zero-order valence-corrected chi connectivity index (χ0v) is 19.1. The Labute approximate surface area is 195 Å². The number of ketones is 1. The number of imidazole rings is 1. The number of rotatable bonds is 10. The molecule has 3 N–H and O–H groups in total. The molecule has 168 valence electrons. The number of aromatic amines is 1. The average Bonchev–Trinajstić information content (AvgIpc) is 3.37. The van der Waals surface area contributed by atoms with Gasteiger partial charge in [0.25, 0.3) is 0 Å². The topological polar surface area (TPSA) is 71.8 Å². The van der Waals surface area contributed by atoms with Crippen LogP contribution in [0.3, 0.4) is 0 Å². The van der Waals surface area contributed by atoms with E-state index in [2.05, 4.69) is 77.6 Å². The van der Waals surface area contributed by atoms with E-state index < -0.39 is 6.04 Å². The minimum Gasteiger partial charge on any atom is -0.348 e. The number of aryl methyl sites for hydroxylation is 1. The van der Waals surface area contributed by atoms with Crippen molar-refractivity contribution in [1.82, 2.24) is 9.97 Å². The van der Waals surface area contributed by atoms with Crippen molar-refractivity contribution in [1.29, 1.82) is 0 Å². The second kappa shape index (κ2) is 10.9. The Bertz CT molecular complexity index is 1150. The summed E-state index contributed by atoms with van der Waals surface area (Å²) in [6.45, 7) is 2.22. The Hall–Kier alpha value is -3.50. The third-order valence-electron chi connectivity index (χ3n) is 6.07.